The van der Waals surface area contributed by atoms with Crippen LogP contribution in [0, 0.1) is 17.8 Å². The summed E-state index contributed by atoms with van der Waals surface area (Å²) >= 11 is 12.2. The minimum absolute atomic E-state index is 0.155. The van der Waals surface area contributed by atoms with Crippen molar-refractivity contribution in [3.63, 3.8) is 0 Å². The van der Waals surface area contributed by atoms with Crippen molar-refractivity contribution in [3.8, 4) is 11.5 Å². The quantitative estimate of drug-likeness (QED) is 0.299. The highest BCUT2D eigenvalue weighted by molar-refractivity contribution is 6.33. The zero-order valence-corrected chi connectivity index (χ0v) is 26.3. The molecule has 2 aromatic rings. The lowest BCUT2D eigenvalue weighted by Gasteiger charge is -2.55. The number of carboxylic acid groups (broad SMARTS) is 1. The highest BCUT2D eigenvalue weighted by Gasteiger charge is 2.50. The van der Waals surface area contributed by atoms with Crippen molar-refractivity contribution in [2.45, 2.75) is 51.6 Å². The molecule has 0 aliphatic carbocycles. The molecule has 4 rings (SSSR count). The van der Waals surface area contributed by atoms with Crippen LogP contribution in [-0.2, 0) is 0 Å². The minimum atomic E-state index is -0.896. The maximum Gasteiger partial charge on any atom is 0.407 e. The predicted octanol–water partition coefficient (Wildman–Crippen LogP) is 5.89. The number of nitrogens with two attached hydrogens (primary N) is 1. The van der Waals surface area contributed by atoms with Gasteiger partial charge in [-0.2, -0.15) is 0 Å². The van der Waals surface area contributed by atoms with Gasteiger partial charge in [-0.25, -0.2) is 4.79 Å². The fourth-order valence-corrected chi connectivity index (χ4v) is 7.05. The van der Waals surface area contributed by atoms with Crippen LogP contribution in [0.1, 0.15) is 50.4 Å². The second kappa shape index (κ2) is 13.6. The van der Waals surface area contributed by atoms with Crippen LogP contribution < -0.4 is 20.5 Å². The first-order valence-corrected chi connectivity index (χ1v) is 15.2. The van der Waals surface area contributed by atoms with Gasteiger partial charge in [0.05, 0.1) is 35.0 Å². The lowest BCUT2D eigenvalue weighted by Crippen LogP contribution is -2.69. The van der Waals surface area contributed by atoms with Crippen molar-refractivity contribution in [1.29, 1.82) is 0 Å². The number of hydrogen-bond acceptors (Lipinski definition) is 6. The number of amides is 2. The van der Waals surface area contributed by atoms with Crippen molar-refractivity contribution in [3.05, 3.63) is 52.0 Å². The highest BCUT2D eigenvalue weighted by atomic mass is 35.5. The van der Waals surface area contributed by atoms with Crippen LogP contribution in [0.2, 0.25) is 10.0 Å². The van der Waals surface area contributed by atoms with Gasteiger partial charge in [0.2, 0.25) is 0 Å². The van der Waals surface area contributed by atoms with Gasteiger partial charge in [0, 0.05) is 24.2 Å². The van der Waals surface area contributed by atoms with Gasteiger partial charge >= 0.3 is 6.09 Å². The van der Waals surface area contributed by atoms with Gasteiger partial charge in [-0.3, -0.25) is 9.69 Å². The smallest absolute Gasteiger partial charge is 0.407 e. The Morgan fingerprint density at radius 2 is 1.81 bits per heavy atom. The maximum atomic E-state index is 13.0. The van der Waals surface area contributed by atoms with E-state index in [1.165, 1.54) is 13.2 Å². The Bertz CT molecular complexity index is 1250. The molecule has 2 fully saturated rings. The van der Waals surface area contributed by atoms with Crippen LogP contribution in [0.5, 0.6) is 11.5 Å². The Balaban J connectivity index is 1.47. The van der Waals surface area contributed by atoms with E-state index in [0.717, 1.165) is 32.4 Å². The largest absolute Gasteiger partial charge is 0.496 e. The van der Waals surface area contributed by atoms with Crippen LogP contribution in [0.4, 0.5) is 10.5 Å². The summed E-state index contributed by atoms with van der Waals surface area (Å²) in [4.78, 5) is 29.5. The van der Waals surface area contributed by atoms with E-state index in [-0.39, 0.29) is 29.7 Å². The van der Waals surface area contributed by atoms with Crippen LogP contribution in [-0.4, -0.2) is 78.4 Å². The second-order valence-corrected chi connectivity index (χ2v) is 12.9. The monoisotopic (exact) mass is 620 g/mol. The molecule has 2 amide bonds. The van der Waals surface area contributed by atoms with E-state index in [1.807, 2.05) is 12.1 Å². The molecular weight excluding hydrogens is 579 g/mol. The molecule has 0 aromatic heterocycles. The van der Waals surface area contributed by atoms with E-state index < -0.39 is 11.6 Å². The first kappa shape index (κ1) is 32.0. The summed E-state index contributed by atoms with van der Waals surface area (Å²) in [7, 11) is 1.49. The summed E-state index contributed by atoms with van der Waals surface area (Å²) in [5, 5.41) is 14.2. The third kappa shape index (κ3) is 7.18. The number of methoxy groups -OCH3 is 1. The van der Waals surface area contributed by atoms with Crippen LogP contribution in [0.15, 0.2) is 36.4 Å². The molecule has 4 atom stereocenters. The minimum Gasteiger partial charge on any atom is -0.496 e. The molecule has 4 N–H and O–H groups in total. The number of anilines is 1. The van der Waals surface area contributed by atoms with Gasteiger partial charge in [-0.15, -0.1) is 0 Å². The van der Waals surface area contributed by atoms with Gasteiger partial charge in [0.1, 0.15) is 18.1 Å². The Labute approximate surface area is 258 Å². The van der Waals surface area contributed by atoms with E-state index in [0.29, 0.717) is 52.5 Å². The summed E-state index contributed by atoms with van der Waals surface area (Å²) in [5.41, 5.74) is 5.98. The Morgan fingerprint density at radius 3 is 2.43 bits per heavy atom. The van der Waals surface area contributed by atoms with Crippen LogP contribution in [0.3, 0.4) is 0 Å². The predicted molar refractivity (Wildman–Crippen MR) is 166 cm³/mol. The SMILES string of the molecule is COc1cc(N)c(Cl)cc1C(=O)NCC1CCN(C(C)(COc2ccc(Cl)cc2)C2C(C)CC(C)CN2C(=O)O)CC1. The fourth-order valence-electron chi connectivity index (χ4n) is 6.76. The molecule has 2 aliphatic heterocycles. The molecule has 2 aromatic carbocycles. The van der Waals surface area contributed by atoms with Crippen molar-refractivity contribution in [2.24, 2.45) is 17.8 Å². The normalized spacial score (nSPS) is 23.2. The van der Waals surface area contributed by atoms with Gasteiger partial charge in [-0.1, -0.05) is 37.0 Å². The fraction of sp³-hybridized carbons (Fsp3) is 0.548. The zero-order valence-electron chi connectivity index (χ0n) is 24.7. The molecular formula is C31H42Cl2N4O5. The van der Waals surface area contributed by atoms with Gasteiger partial charge in [0.25, 0.3) is 5.91 Å². The van der Waals surface area contributed by atoms with Crippen molar-refractivity contribution in [2.75, 3.05) is 45.6 Å². The average molecular weight is 622 g/mol. The van der Waals surface area contributed by atoms with Gasteiger partial charge in [-0.05, 0) is 87.4 Å². The third-order valence-corrected chi connectivity index (χ3v) is 9.42. The number of carbonyl (C=O) groups excluding carboxylic acids is 1. The number of piperidine rings is 2. The standard InChI is InChI=1S/C31H42Cl2N4O5/c1-19-13-20(2)28(37(17-19)30(39)40)31(3,18-42-23-7-5-22(32)6-8-23)36-11-9-21(10-12-36)16-35-29(38)24-14-25(33)26(34)15-27(24)41-4/h5-8,14-15,19-21,28H,9-13,16-18,34H2,1-4H3,(H,35,38)(H,39,40). The molecule has 2 aliphatic rings. The molecule has 11 heteroatoms. The van der Waals surface area contributed by atoms with Crippen LogP contribution >= 0.6 is 23.2 Å². The zero-order chi connectivity index (χ0) is 30.6. The molecule has 0 saturated carbocycles. The molecule has 9 nitrogen and oxygen atoms in total. The molecule has 2 saturated heterocycles. The molecule has 2 heterocycles. The summed E-state index contributed by atoms with van der Waals surface area (Å²) < 4.78 is 11.7. The molecule has 0 spiro atoms. The Kier molecular flexibility index (Phi) is 10.4. The topological polar surface area (TPSA) is 117 Å². The number of likely N-dealkylation sites (tertiary alicyclic amines) is 2. The van der Waals surface area contributed by atoms with E-state index in [4.69, 9.17) is 38.4 Å². The molecule has 0 radical (unpaired) electrons. The maximum absolute atomic E-state index is 13.0. The average Bonchev–Trinajstić information content (AvgIpc) is 2.96. The molecule has 42 heavy (non-hydrogen) atoms. The lowest BCUT2D eigenvalue weighted by atomic mass is 9.74. The summed E-state index contributed by atoms with van der Waals surface area (Å²) in [6.45, 7) is 9.25. The van der Waals surface area contributed by atoms with E-state index in [2.05, 4.69) is 31.0 Å². The Hall–Kier alpha value is -2.88. The van der Waals surface area contributed by atoms with Gasteiger partial charge in [0.15, 0.2) is 0 Å². The number of ether oxygens (including phenoxy) is 2. The van der Waals surface area contributed by atoms with Crippen molar-refractivity contribution < 1.29 is 24.2 Å². The van der Waals surface area contributed by atoms with Crippen molar-refractivity contribution >= 4 is 40.9 Å². The summed E-state index contributed by atoms with van der Waals surface area (Å²) in [6.07, 6.45) is 1.75. The number of rotatable bonds is 9. The van der Waals surface area contributed by atoms with E-state index >= 15 is 0 Å². The van der Waals surface area contributed by atoms with Crippen LogP contribution in [0.25, 0.3) is 0 Å². The third-order valence-electron chi connectivity index (χ3n) is 8.84. The Morgan fingerprint density at radius 1 is 1.14 bits per heavy atom. The van der Waals surface area contributed by atoms with E-state index in [1.54, 1.807) is 23.1 Å². The lowest BCUT2D eigenvalue weighted by molar-refractivity contribution is -0.0695. The number of halogens is 2. The summed E-state index contributed by atoms with van der Waals surface area (Å²) in [6, 6.07) is 10.1. The number of nitrogen functional groups attached to an aromatic ring is 1. The molecule has 230 valence electrons. The summed E-state index contributed by atoms with van der Waals surface area (Å²) in [5.74, 6) is 1.51. The number of hydrogen-bond donors (Lipinski definition) is 3. The number of carbonyl (C=O) groups is 2. The number of nitrogens with one attached hydrogen (secondary N) is 1. The first-order valence-electron chi connectivity index (χ1n) is 14.5. The second-order valence-electron chi connectivity index (χ2n) is 12.0. The van der Waals surface area contributed by atoms with Crippen molar-refractivity contribution in [1.82, 2.24) is 15.1 Å². The first-order chi connectivity index (χ1) is 19.9. The number of nitrogens with zero attached hydrogens (tertiary/aromatic N) is 2. The number of benzene rings is 2. The highest BCUT2D eigenvalue weighted by Crippen LogP contribution is 2.39. The molecule has 0 bridgehead atoms. The molecule has 4 unspecified atom stereocenters. The van der Waals surface area contributed by atoms with Gasteiger partial charge < -0.3 is 30.5 Å². The van der Waals surface area contributed by atoms with E-state index in [9.17, 15) is 14.7 Å².